The van der Waals surface area contributed by atoms with E-state index in [-0.39, 0.29) is 17.4 Å². The fourth-order valence-corrected chi connectivity index (χ4v) is 1.66. The summed E-state index contributed by atoms with van der Waals surface area (Å²) in [4.78, 5) is 24.6. The Morgan fingerprint density at radius 3 is 2.92 bits per heavy atom. The van der Waals surface area contributed by atoms with Gasteiger partial charge >= 0.3 is 5.97 Å². The average Bonchev–Trinajstić information content (AvgIpc) is 2.55. The molecular weight excluding hydrogens is 170 g/mol. The minimum absolute atomic E-state index is 0.0101. The number of hydrogen-bond acceptors (Lipinski definition) is 2. The number of hydrogen-bond donors (Lipinski definition) is 2. The van der Waals surface area contributed by atoms with Crippen molar-refractivity contribution in [3.8, 4) is 0 Å². The molecule has 0 bridgehead atoms. The minimum atomic E-state index is -1.02. The van der Waals surface area contributed by atoms with Gasteiger partial charge in [-0.15, -0.1) is 0 Å². The second kappa shape index (κ2) is 2.45. The highest BCUT2D eigenvalue weighted by molar-refractivity contribution is 6.02. The van der Waals surface area contributed by atoms with E-state index in [0.29, 0.717) is 12.1 Å². The number of H-pyrrole nitrogens is 1. The Labute approximate surface area is 74.6 Å². The third-order valence-corrected chi connectivity index (χ3v) is 2.35. The van der Waals surface area contributed by atoms with Crippen molar-refractivity contribution in [3.05, 3.63) is 23.0 Å². The molecule has 2 N–H and O–H groups in total. The van der Waals surface area contributed by atoms with Gasteiger partial charge in [-0.05, 0) is 18.1 Å². The molecule has 0 spiro atoms. The number of aromatic amines is 1. The van der Waals surface area contributed by atoms with Crippen LogP contribution in [0.1, 0.15) is 33.5 Å². The van der Waals surface area contributed by atoms with Crippen LogP contribution < -0.4 is 0 Å². The standard InChI is InChI=1S/C9H9NO3/c1-4-2-5-3-6(9(12)13)10-7(5)8(4)11/h3-4,10H,2H2,1H3,(H,12,13). The normalized spacial score (nSPS) is 20.4. The van der Waals surface area contributed by atoms with Crippen LogP contribution in [0.25, 0.3) is 0 Å². The van der Waals surface area contributed by atoms with Gasteiger partial charge in [0.25, 0.3) is 0 Å². The number of carboxylic acid groups (broad SMARTS) is 1. The Bertz CT molecular complexity index is 392. The molecular formula is C9H9NO3. The van der Waals surface area contributed by atoms with Crippen molar-refractivity contribution in [1.29, 1.82) is 0 Å². The zero-order chi connectivity index (χ0) is 9.59. The number of aromatic nitrogens is 1. The lowest BCUT2D eigenvalue weighted by atomic mass is 10.1. The van der Waals surface area contributed by atoms with Crippen molar-refractivity contribution in [3.63, 3.8) is 0 Å². The van der Waals surface area contributed by atoms with Gasteiger partial charge in [0, 0.05) is 5.92 Å². The van der Waals surface area contributed by atoms with Crippen molar-refractivity contribution in [2.45, 2.75) is 13.3 Å². The van der Waals surface area contributed by atoms with Crippen LogP contribution in [0.2, 0.25) is 0 Å². The molecule has 1 heterocycles. The Hall–Kier alpha value is -1.58. The van der Waals surface area contributed by atoms with Gasteiger partial charge in [-0.3, -0.25) is 4.79 Å². The van der Waals surface area contributed by atoms with Crippen molar-refractivity contribution in [2.75, 3.05) is 0 Å². The summed E-state index contributed by atoms with van der Waals surface area (Å²) in [6, 6.07) is 1.54. The van der Waals surface area contributed by atoms with Crippen molar-refractivity contribution < 1.29 is 14.7 Å². The van der Waals surface area contributed by atoms with Gasteiger partial charge in [-0.1, -0.05) is 6.92 Å². The van der Waals surface area contributed by atoms with Crippen LogP contribution in [0.5, 0.6) is 0 Å². The third-order valence-electron chi connectivity index (χ3n) is 2.35. The number of aromatic carboxylic acids is 1. The monoisotopic (exact) mass is 179 g/mol. The Kier molecular flexibility index (Phi) is 1.52. The molecule has 1 aliphatic carbocycles. The van der Waals surface area contributed by atoms with Crippen LogP contribution in [0.3, 0.4) is 0 Å². The maximum atomic E-state index is 11.4. The highest BCUT2D eigenvalue weighted by Crippen LogP contribution is 2.26. The predicted molar refractivity (Wildman–Crippen MR) is 45.0 cm³/mol. The van der Waals surface area contributed by atoms with E-state index in [4.69, 9.17) is 5.11 Å². The molecule has 0 saturated heterocycles. The number of carboxylic acids is 1. The van der Waals surface area contributed by atoms with Gasteiger partial charge in [0.1, 0.15) is 5.69 Å². The molecule has 13 heavy (non-hydrogen) atoms. The van der Waals surface area contributed by atoms with Crippen LogP contribution in [-0.2, 0) is 6.42 Å². The molecule has 68 valence electrons. The number of fused-ring (bicyclic) bond motifs is 1. The minimum Gasteiger partial charge on any atom is -0.477 e. The molecule has 1 atom stereocenters. The van der Waals surface area contributed by atoms with Crippen molar-refractivity contribution in [1.82, 2.24) is 4.98 Å². The van der Waals surface area contributed by atoms with Crippen LogP contribution in [0.4, 0.5) is 0 Å². The van der Waals surface area contributed by atoms with Gasteiger partial charge in [0.15, 0.2) is 5.78 Å². The molecule has 0 radical (unpaired) electrons. The molecule has 0 aromatic carbocycles. The third kappa shape index (κ3) is 1.06. The molecule has 1 aromatic rings. The van der Waals surface area contributed by atoms with E-state index >= 15 is 0 Å². The highest BCUT2D eigenvalue weighted by Gasteiger charge is 2.30. The van der Waals surface area contributed by atoms with Crippen molar-refractivity contribution >= 4 is 11.8 Å². The fraction of sp³-hybridized carbons (Fsp3) is 0.333. The lowest BCUT2D eigenvalue weighted by Gasteiger charge is -1.96. The molecule has 0 amide bonds. The zero-order valence-corrected chi connectivity index (χ0v) is 7.13. The Morgan fingerprint density at radius 2 is 2.38 bits per heavy atom. The van der Waals surface area contributed by atoms with Gasteiger partial charge in [-0.25, -0.2) is 4.79 Å². The van der Waals surface area contributed by atoms with E-state index < -0.39 is 5.97 Å². The molecule has 4 nitrogen and oxygen atoms in total. The molecule has 0 saturated carbocycles. The zero-order valence-electron chi connectivity index (χ0n) is 7.13. The van der Waals surface area contributed by atoms with Crippen molar-refractivity contribution in [2.24, 2.45) is 5.92 Å². The summed E-state index contributed by atoms with van der Waals surface area (Å²) >= 11 is 0. The number of nitrogens with one attached hydrogen (secondary N) is 1. The summed E-state index contributed by atoms with van der Waals surface area (Å²) in [6.45, 7) is 1.84. The summed E-state index contributed by atoms with van der Waals surface area (Å²) in [5.74, 6) is -1.01. The van der Waals surface area contributed by atoms with E-state index in [1.54, 1.807) is 6.07 Å². The first-order chi connectivity index (χ1) is 6.09. The van der Waals surface area contributed by atoms with Crippen LogP contribution in [-0.4, -0.2) is 21.8 Å². The van der Waals surface area contributed by atoms with Crippen LogP contribution >= 0.6 is 0 Å². The second-order valence-electron chi connectivity index (χ2n) is 3.36. The first-order valence-electron chi connectivity index (χ1n) is 4.09. The maximum absolute atomic E-state index is 11.4. The number of rotatable bonds is 1. The second-order valence-corrected chi connectivity index (χ2v) is 3.36. The van der Waals surface area contributed by atoms with E-state index in [9.17, 15) is 9.59 Å². The maximum Gasteiger partial charge on any atom is 0.352 e. The molecule has 2 rings (SSSR count). The van der Waals surface area contributed by atoms with Gasteiger partial charge in [0.05, 0.1) is 5.69 Å². The molecule has 1 aliphatic rings. The molecule has 0 aliphatic heterocycles. The number of carbonyl (C=O) groups excluding carboxylic acids is 1. The predicted octanol–water partition coefficient (Wildman–Crippen LogP) is 1.09. The van der Waals surface area contributed by atoms with Crippen LogP contribution in [0.15, 0.2) is 6.07 Å². The molecule has 0 fully saturated rings. The largest absolute Gasteiger partial charge is 0.477 e. The first kappa shape index (κ1) is 8.04. The smallest absolute Gasteiger partial charge is 0.352 e. The molecule has 1 aromatic heterocycles. The SMILES string of the molecule is CC1Cc2cc(C(=O)O)[nH]c2C1=O. The number of carbonyl (C=O) groups is 2. The van der Waals surface area contributed by atoms with E-state index in [1.807, 2.05) is 6.92 Å². The Balaban J connectivity index is 2.46. The lowest BCUT2D eigenvalue weighted by Crippen LogP contribution is -2.06. The number of ketones is 1. The summed E-state index contributed by atoms with van der Waals surface area (Å²) < 4.78 is 0. The summed E-state index contributed by atoms with van der Waals surface area (Å²) in [7, 11) is 0. The Morgan fingerprint density at radius 1 is 1.69 bits per heavy atom. The summed E-state index contributed by atoms with van der Waals surface area (Å²) in [5.41, 5.74) is 1.41. The quantitative estimate of drug-likeness (QED) is 0.677. The van der Waals surface area contributed by atoms with Gasteiger partial charge in [0.2, 0.25) is 0 Å². The van der Waals surface area contributed by atoms with E-state index in [0.717, 1.165) is 5.56 Å². The van der Waals surface area contributed by atoms with Gasteiger partial charge < -0.3 is 10.1 Å². The average molecular weight is 179 g/mol. The van der Waals surface area contributed by atoms with Gasteiger partial charge in [-0.2, -0.15) is 0 Å². The van der Waals surface area contributed by atoms with Crippen LogP contribution in [0, 0.1) is 5.92 Å². The van der Waals surface area contributed by atoms with E-state index in [2.05, 4.69) is 4.98 Å². The van der Waals surface area contributed by atoms with E-state index in [1.165, 1.54) is 0 Å². The lowest BCUT2D eigenvalue weighted by molar-refractivity contribution is 0.0691. The first-order valence-corrected chi connectivity index (χ1v) is 4.09. The summed E-state index contributed by atoms with van der Waals surface area (Å²) in [6.07, 6.45) is 0.651. The fourth-order valence-electron chi connectivity index (χ4n) is 1.66. The topological polar surface area (TPSA) is 70.2 Å². The molecule has 1 unspecified atom stereocenters. The summed E-state index contributed by atoms with van der Waals surface area (Å²) in [5, 5.41) is 8.65. The molecule has 4 heteroatoms. The number of Topliss-reactive ketones (excluding diaryl/α,β-unsaturated/α-hetero) is 1. The highest BCUT2D eigenvalue weighted by atomic mass is 16.4.